The molecule has 2 rings (SSSR count). The summed E-state index contributed by atoms with van der Waals surface area (Å²) >= 11 is 1.58. The molecule has 3 heteroatoms. The first kappa shape index (κ1) is 7.80. The lowest BCUT2D eigenvalue weighted by molar-refractivity contribution is 0.933. The smallest absolute Gasteiger partial charge is 0.180 e. The largest absolute Gasteiger partial charge is 0.375 e. The Bertz CT molecular complexity index is 325. The van der Waals surface area contributed by atoms with Crippen molar-refractivity contribution in [1.82, 2.24) is 4.98 Å². The van der Waals surface area contributed by atoms with E-state index < -0.39 is 0 Å². The van der Waals surface area contributed by atoms with Crippen molar-refractivity contribution in [2.24, 2.45) is 0 Å². The van der Waals surface area contributed by atoms with E-state index in [1.54, 1.807) is 11.3 Å². The first-order chi connectivity index (χ1) is 5.77. The third-order valence-corrected chi connectivity index (χ3v) is 2.96. The van der Waals surface area contributed by atoms with E-state index in [4.69, 9.17) is 5.73 Å². The summed E-state index contributed by atoms with van der Waals surface area (Å²) in [6.07, 6.45) is 5.92. The van der Waals surface area contributed by atoms with E-state index in [9.17, 15) is 0 Å². The molecule has 0 radical (unpaired) electrons. The predicted molar refractivity (Wildman–Crippen MR) is 53.1 cm³/mol. The standard InChI is InChI=1S/C9H12N2S/c1-6-8(11-9(10)12-6)7-4-2-3-5-7/h4H,2-3,5H2,1H3,(H2,10,11). The molecule has 1 aliphatic carbocycles. The first-order valence-electron chi connectivity index (χ1n) is 4.19. The van der Waals surface area contributed by atoms with Gasteiger partial charge >= 0.3 is 0 Å². The second-order valence-electron chi connectivity index (χ2n) is 3.08. The highest BCUT2D eigenvalue weighted by molar-refractivity contribution is 7.15. The first-order valence-corrected chi connectivity index (χ1v) is 5.01. The SMILES string of the molecule is Cc1sc(N)nc1C1=CCCC1. The topological polar surface area (TPSA) is 38.9 Å². The van der Waals surface area contributed by atoms with E-state index in [1.807, 2.05) is 0 Å². The maximum Gasteiger partial charge on any atom is 0.180 e. The number of hydrogen-bond donors (Lipinski definition) is 1. The summed E-state index contributed by atoms with van der Waals surface area (Å²) in [5.74, 6) is 0. The van der Waals surface area contributed by atoms with Crippen molar-refractivity contribution in [3.8, 4) is 0 Å². The quantitative estimate of drug-likeness (QED) is 0.721. The zero-order valence-corrected chi connectivity index (χ0v) is 7.95. The highest BCUT2D eigenvalue weighted by Gasteiger charge is 2.13. The van der Waals surface area contributed by atoms with Gasteiger partial charge in [-0.1, -0.05) is 6.08 Å². The Balaban J connectivity index is 2.38. The van der Waals surface area contributed by atoms with E-state index in [0.29, 0.717) is 5.13 Å². The lowest BCUT2D eigenvalue weighted by Crippen LogP contribution is -1.86. The summed E-state index contributed by atoms with van der Waals surface area (Å²) in [4.78, 5) is 5.57. The van der Waals surface area contributed by atoms with Gasteiger partial charge in [-0.05, 0) is 31.8 Å². The summed E-state index contributed by atoms with van der Waals surface area (Å²) in [6, 6.07) is 0. The summed E-state index contributed by atoms with van der Waals surface area (Å²) in [5.41, 5.74) is 8.15. The van der Waals surface area contributed by atoms with Crippen LogP contribution in [0.25, 0.3) is 5.57 Å². The van der Waals surface area contributed by atoms with Crippen molar-refractivity contribution in [2.75, 3.05) is 5.73 Å². The number of rotatable bonds is 1. The van der Waals surface area contributed by atoms with Crippen LogP contribution in [-0.4, -0.2) is 4.98 Å². The van der Waals surface area contributed by atoms with Gasteiger partial charge in [0.1, 0.15) is 0 Å². The molecule has 0 aliphatic heterocycles. The van der Waals surface area contributed by atoms with Gasteiger partial charge in [-0.25, -0.2) is 4.98 Å². The summed E-state index contributed by atoms with van der Waals surface area (Å²) in [6.45, 7) is 2.09. The number of nitrogen functional groups attached to an aromatic ring is 1. The Labute approximate surface area is 76.1 Å². The van der Waals surface area contributed by atoms with Crippen LogP contribution in [0.2, 0.25) is 0 Å². The van der Waals surface area contributed by atoms with Crippen LogP contribution in [0.1, 0.15) is 29.8 Å². The molecule has 0 saturated heterocycles. The maximum atomic E-state index is 5.63. The molecule has 2 N–H and O–H groups in total. The molecule has 0 spiro atoms. The van der Waals surface area contributed by atoms with Crippen LogP contribution in [0.4, 0.5) is 5.13 Å². The average molecular weight is 180 g/mol. The molecule has 0 unspecified atom stereocenters. The second kappa shape index (κ2) is 2.90. The van der Waals surface area contributed by atoms with Crippen LogP contribution in [-0.2, 0) is 0 Å². The molecule has 0 saturated carbocycles. The Hall–Kier alpha value is -0.830. The van der Waals surface area contributed by atoms with Crippen LogP contribution in [0.3, 0.4) is 0 Å². The van der Waals surface area contributed by atoms with Crippen LogP contribution < -0.4 is 5.73 Å². The molecule has 0 amide bonds. The number of nitrogens with two attached hydrogens (primary N) is 1. The minimum absolute atomic E-state index is 0.690. The number of anilines is 1. The van der Waals surface area contributed by atoms with Crippen molar-refractivity contribution in [3.63, 3.8) is 0 Å². The molecular formula is C9H12N2S. The Morgan fingerprint density at radius 3 is 2.92 bits per heavy atom. The number of nitrogens with zero attached hydrogens (tertiary/aromatic N) is 1. The monoisotopic (exact) mass is 180 g/mol. The third kappa shape index (κ3) is 1.25. The fraction of sp³-hybridized carbons (Fsp3) is 0.444. The number of allylic oxidation sites excluding steroid dienone is 2. The molecule has 0 bridgehead atoms. The van der Waals surface area contributed by atoms with Crippen LogP contribution in [0, 0.1) is 6.92 Å². The molecule has 2 nitrogen and oxygen atoms in total. The third-order valence-electron chi connectivity index (χ3n) is 2.16. The fourth-order valence-corrected chi connectivity index (χ4v) is 2.32. The Morgan fingerprint density at radius 2 is 2.42 bits per heavy atom. The van der Waals surface area contributed by atoms with Gasteiger partial charge in [-0.15, -0.1) is 11.3 Å². The van der Waals surface area contributed by atoms with Gasteiger partial charge in [0.05, 0.1) is 5.69 Å². The fourth-order valence-electron chi connectivity index (χ4n) is 1.60. The number of aryl methyl sites for hydroxylation is 1. The molecule has 1 aromatic rings. The molecular weight excluding hydrogens is 168 g/mol. The average Bonchev–Trinajstić information content (AvgIpc) is 2.58. The van der Waals surface area contributed by atoms with Crippen molar-refractivity contribution < 1.29 is 0 Å². The molecule has 1 heterocycles. The summed E-state index contributed by atoms with van der Waals surface area (Å²) < 4.78 is 0. The van der Waals surface area contributed by atoms with Crippen molar-refractivity contribution >= 4 is 22.0 Å². The number of hydrogen-bond acceptors (Lipinski definition) is 3. The molecule has 0 atom stereocenters. The van der Waals surface area contributed by atoms with Crippen LogP contribution in [0.5, 0.6) is 0 Å². The number of aromatic nitrogens is 1. The van der Waals surface area contributed by atoms with E-state index in [2.05, 4.69) is 18.0 Å². The normalized spacial score (nSPS) is 16.6. The second-order valence-corrected chi connectivity index (χ2v) is 4.31. The van der Waals surface area contributed by atoms with Gasteiger partial charge in [0.25, 0.3) is 0 Å². The van der Waals surface area contributed by atoms with Crippen molar-refractivity contribution in [3.05, 3.63) is 16.6 Å². The minimum atomic E-state index is 0.690. The molecule has 0 aromatic carbocycles. The molecule has 1 aromatic heterocycles. The molecule has 1 aliphatic rings. The van der Waals surface area contributed by atoms with Crippen LogP contribution in [0.15, 0.2) is 6.08 Å². The molecule has 64 valence electrons. The van der Waals surface area contributed by atoms with Crippen LogP contribution >= 0.6 is 11.3 Å². The van der Waals surface area contributed by atoms with E-state index in [-0.39, 0.29) is 0 Å². The Morgan fingerprint density at radius 1 is 1.58 bits per heavy atom. The lowest BCUT2D eigenvalue weighted by Gasteiger charge is -1.96. The summed E-state index contributed by atoms with van der Waals surface area (Å²) in [5, 5.41) is 0.690. The van der Waals surface area contributed by atoms with Crippen molar-refractivity contribution in [2.45, 2.75) is 26.2 Å². The zero-order valence-electron chi connectivity index (χ0n) is 7.13. The molecule has 12 heavy (non-hydrogen) atoms. The van der Waals surface area contributed by atoms with E-state index in [0.717, 1.165) is 5.69 Å². The maximum absolute atomic E-state index is 5.63. The van der Waals surface area contributed by atoms with Gasteiger partial charge in [-0.3, -0.25) is 0 Å². The van der Waals surface area contributed by atoms with Gasteiger partial charge in [0.2, 0.25) is 0 Å². The van der Waals surface area contributed by atoms with Gasteiger partial charge in [0, 0.05) is 4.88 Å². The Kier molecular flexibility index (Phi) is 1.89. The van der Waals surface area contributed by atoms with E-state index in [1.165, 1.54) is 29.7 Å². The predicted octanol–water partition coefficient (Wildman–Crippen LogP) is 2.60. The highest BCUT2D eigenvalue weighted by Crippen LogP contribution is 2.32. The van der Waals surface area contributed by atoms with E-state index >= 15 is 0 Å². The highest BCUT2D eigenvalue weighted by atomic mass is 32.1. The summed E-state index contributed by atoms with van der Waals surface area (Å²) in [7, 11) is 0. The van der Waals surface area contributed by atoms with Gasteiger partial charge < -0.3 is 5.73 Å². The molecule has 0 fully saturated rings. The van der Waals surface area contributed by atoms with Gasteiger partial charge in [-0.2, -0.15) is 0 Å². The minimum Gasteiger partial charge on any atom is -0.375 e. The van der Waals surface area contributed by atoms with Gasteiger partial charge in [0.15, 0.2) is 5.13 Å². The lowest BCUT2D eigenvalue weighted by atomic mass is 10.1. The van der Waals surface area contributed by atoms with Crippen molar-refractivity contribution in [1.29, 1.82) is 0 Å². The zero-order chi connectivity index (χ0) is 8.55. The number of thiazole rings is 1.